The van der Waals surface area contributed by atoms with E-state index in [0.29, 0.717) is 12.3 Å². The monoisotopic (exact) mass is 235 g/mol. The minimum Gasteiger partial charge on any atom is -0.389 e. The molecule has 4 nitrogen and oxygen atoms in total. The van der Waals surface area contributed by atoms with E-state index < -0.39 is 15.4 Å². The van der Waals surface area contributed by atoms with E-state index in [1.165, 1.54) is 0 Å². The summed E-state index contributed by atoms with van der Waals surface area (Å²) in [5.74, 6) is 0.316. The summed E-state index contributed by atoms with van der Waals surface area (Å²) >= 11 is 0. The van der Waals surface area contributed by atoms with Gasteiger partial charge in [0.2, 0.25) is 0 Å². The van der Waals surface area contributed by atoms with Crippen LogP contribution in [0.2, 0.25) is 0 Å². The van der Waals surface area contributed by atoms with Gasteiger partial charge >= 0.3 is 0 Å². The molecule has 15 heavy (non-hydrogen) atoms. The normalized spacial score (nSPS) is 27.9. The van der Waals surface area contributed by atoms with Gasteiger partial charge in [0.15, 0.2) is 9.84 Å². The molecule has 2 atom stereocenters. The Balaban J connectivity index is 2.45. The zero-order valence-electron chi connectivity index (χ0n) is 9.66. The Morgan fingerprint density at radius 3 is 2.53 bits per heavy atom. The highest BCUT2D eigenvalue weighted by atomic mass is 32.2. The van der Waals surface area contributed by atoms with Crippen LogP contribution in [0.4, 0.5) is 0 Å². The molecular formula is C10H21NO3S. The fourth-order valence-electron chi connectivity index (χ4n) is 1.65. The Morgan fingerprint density at radius 2 is 2.13 bits per heavy atom. The Hall–Kier alpha value is -0.130. The number of rotatable bonds is 4. The van der Waals surface area contributed by atoms with Crippen molar-refractivity contribution in [2.45, 2.75) is 50.5 Å². The van der Waals surface area contributed by atoms with Gasteiger partial charge in [-0.3, -0.25) is 0 Å². The number of hydrogen-bond donors (Lipinski definition) is 2. The highest BCUT2D eigenvalue weighted by molar-refractivity contribution is 7.92. The molecule has 1 heterocycles. The molecule has 0 bridgehead atoms. The average molecular weight is 235 g/mol. The summed E-state index contributed by atoms with van der Waals surface area (Å²) in [6.45, 7) is 5.75. The summed E-state index contributed by atoms with van der Waals surface area (Å²) < 4.78 is 23.0. The minimum absolute atomic E-state index is 0.103. The summed E-state index contributed by atoms with van der Waals surface area (Å²) in [4.78, 5) is 0. The third-order valence-corrected chi connectivity index (χ3v) is 5.45. The standard InChI is InChI=1S/C10H21NO3S/c1-8(10(2,3)12)11-7-9-5-4-6-15(9,13)14/h8-9,11-12H,4-7H2,1-3H3. The van der Waals surface area contributed by atoms with E-state index in [4.69, 9.17) is 0 Å². The molecule has 90 valence electrons. The molecule has 0 aromatic carbocycles. The molecule has 5 heteroatoms. The second kappa shape index (κ2) is 4.39. The molecule has 1 rings (SSSR count). The number of aliphatic hydroxyl groups is 1. The van der Waals surface area contributed by atoms with Crippen molar-refractivity contribution >= 4 is 9.84 Å². The van der Waals surface area contributed by atoms with Crippen molar-refractivity contribution in [2.24, 2.45) is 0 Å². The van der Waals surface area contributed by atoms with Crippen molar-refractivity contribution in [3.63, 3.8) is 0 Å². The molecule has 2 unspecified atom stereocenters. The summed E-state index contributed by atoms with van der Waals surface area (Å²) in [7, 11) is -2.87. The lowest BCUT2D eigenvalue weighted by molar-refractivity contribution is 0.0445. The van der Waals surface area contributed by atoms with Gasteiger partial charge in [0, 0.05) is 12.6 Å². The van der Waals surface area contributed by atoms with Gasteiger partial charge in [-0.1, -0.05) is 0 Å². The molecular weight excluding hydrogens is 214 g/mol. The predicted molar refractivity (Wildman–Crippen MR) is 60.6 cm³/mol. The van der Waals surface area contributed by atoms with Crippen LogP contribution in [0.15, 0.2) is 0 Å². The Bertz CT molecular complexity index is 305. The molecule has 0 saturated carbocycles. The van der Waals surface area contributed by atoms with Crippen LogP contribution in [-0.2, 0) is 9.84 Å². The number of hydrogen-bond acceptors (Lipinski definition) is 4. The molecule has 1 fully saturated rings. The smallest absolute Gasteiger partial charge is 0.154 e. The van der Waals surface area contributed by atoms with E-state index in [1.807, 2.05) is 6.92 Å². The maximum absolute atomic E-state index is 11.5. The second-order valence-electron chi connectivity index (χ2n) is 4.91. The molecule has 1 aliphatic heterocycles. The Labute approximate surface area is 92.0 Å². The first-order valence-electron chi connectivity index (χ1n) is 5.41. The Kier molecular flexibility index (Phi) is 3.79. The third kappa shape index (κ3) is 3.43. The molecule has 0 aromatic heterocycles. The van der Waals surface area contributed by atoms with Crippen molar-refractivity contribution in [1.82, 2.24) is 5.32 Å². The Morgan fingerprint density at radius 1 is 1.53 bits per heavy atom. The van der Waals surface area contributed by atoms with Crippen molar-refractivity contribution in [3.8, 4) is 0 Å². The predicted octanol–water partition coefficient (Wildman–Crippen LogP) is 0.313. The average Bonchev–Trinajstić information content (AvgIpc) is 2.39. The fourth-order valence-corrected chi connectivity index (χ4v) is 3.42. The lowest BCUT2D eigenvalue weighted by Crippen LogP contribution is -2.47. The van der Waals surface area contributed by atoms with Gasteiger partial charge in [-0.25, -0.2) is 8.42 Å². The summed E-state index contributed by atoms with van der Waals surface area (Å²) in [5, 5.41) is 12.5. The fraction of sp³-hybridized carbons (Fsp3) is 1.00. The van der Waals surface area contributed by atoms with E-state index in [2.05, 4.69) is 5.32 Å². The minimum atomic E-state index is -2.87. The summed E-state index contributed by atoms with van der Waals surface area (Å²) in [6, 6.07) is -0.103. The quantitative estimate of drug-likeness (QED) is 0.736. The van der Waals surface area contributed by atoms with Crippen molar-refractivity contribution in [1.29, 1.82) is 0 Å². The zero-order valence-corrected chi connectivity index (χ0v) is 10.5. The number of sulfone groups is 1. The maximum atomic E-state index is 11.5. The van der Waals surface area contributed by atoms with E-state index >= 15 is 0 Å². The third-order valence-electron chi connectivity index (χ3n) is 3.17. The maximum Gasteiger partial charge on any atom is 0.154 e. The van der Waals surface area contributed by atoms with Crippen LogP contribution in [0.3, 0.4) is 0 Å². The molecule has 0 amide bonds. The van der Waals surface area contributed by atoms with Crippen LogP contribution in [-0.4, -0.2) is 42.7 Å². The topological polar surface area (TPSA) is 66.4 Å². The summed E-state index contributed by atoms with van der Waals surface area (Å²) in [5.41, 5.74) is -0.817. The zero-order chi connectivity index (χ0) is 11.7. The molecule has 0 aromatic rings. The van der Waals surface area contributed by atoms with E-state index in [1.54, 1.807) is 13.8 Å². The first-order valence-corrected chi connectivity index (χ1v) is 7.12. The lowest BCUT2D eigenvalue weighted by atomic mass is 10.0. The molecule has 0 spiro atoms. The molecule has 0 aliphatic carbocycles. The SMILES string of the molecule is CC(NCC1CCCS1(=O)=O)C(C)(C)O. The van der Waals surface area contributed by atoms with Crippen LogP contribution < -0.4 is 5.32 Å². The van der Waals surface area contributed by atoms with Gasteiger partial charge in [0.1, 0.15) is 0 Å². The van der Waals surface area contributed by atoms with Gasteiger partial charge in [0.05, 0.1) is 16.6 Å². The van der Waals surface area contributed by atoms with Gasteiger partial charge in [-0.2, -0.15) is 0 Å². The van der Waals surface area contributed by atoms with Crippen molar-refractivity contribution in [3.05, 3.63) is 0 Å². The van der Waals surface area contributed by atoms with Crippen molar-refractivity contribution in [2.75, 3.05) is 12.3 Å². The second-order valence-corrected chi connectivity index (χ2v) is 7.32. The van der Waals surface area contributed by atoms with Crippen LogP contribution in [0.5, 0.6) is 0 Å². The lowest BCUT2D eigenvalue weighted by Gasteiger charge is -2.27. The van der Waals surface area contributed by atoms with Gasteiger partial charge in [-0.15, -0.1) is 0 Å². The highest BCUT2D eigenvalue weighted by Gasteiger charge is 2.32. The van der Waals surface area contributed by atoms with Crippen LogP contribution >= 0.6 is 0 Å². The van der Waals surface area contributed by atoms with Gasteiger partial charge < -0.3 is 10.4 Å². The van der Waals surface area contributed by atoms with Crippen LogP contribution in [0.25, 0.3) is 0 Å². The van der Waals surface area contributed by atoms with E-state index in [9.17, 15) is 13.5 Å². The van der Waals surface area contributed by atoms with Gasteiger partial charge in [0.25, 0.3) is 0 Å². The largest absolute Gasteiger partial charge is 0.389 e. The highest BCUT2D eigenvalue weighted by Crippen LogP contribution is 2.19. The van der Waals surface area contributed by atoms with Crippen LogP contribution in [0, 0.1) is 0 Å². The summed E-state index contributed by atoms with van der Waals surface area (Å²) in [6.07, 6.45) is 1.51. The first-order chi connectivity index (χ1) is 6.73. The van der Waals surface area contributed by atoms with Gasteiger partial charge in [-0.05, 0) is 33.6 Å². The molecule has 0 radical (unpaired) electrons. The molecule has 1 saturated heterocycles. The van der Waals surface area contributed by atoms with Crippen molar-refractivity contribution < 1.29 is 13.5 Å². The first kappa shape index (κ1) is 12.9. The number of nitrogens with one attached hydrogen (secondary N) is 1. The molecule has 1 aliphatic rings. The molecule has 2 N–H and O–H groups in total. The van der Waals surface area contributed by atoms with E-state index in [-0.39, 0.29) is 11.3 Å². The van der Waals surface area contributed by atoms with E-state index in [0.717, 1.165) is 12.8 Å². The van der Waals surface area contributed by atoms with Crippen LogP contribution in [0.1, 0.15) is 33.6 Å².